The van der Waals surface area contributed by atoms with Gasteiger partial charge in [-0.3, -0.25) is 9.36 Å². The fraction of sp³-hybridized carbons (Fsp3) is 0.391. The zero-order chi connectivity index (χ0) is 20.7. The molecule has 0 N–H and O–H groups in total. The third-order valence-electron chi connectivity index (χ3n) is 6.12. The molecule has 0 unspecified atom stereocenters. The minimum absolute atomic E-state index is 0.0651. The lowest BCUT2D eigenvalue weighted by atomic mass is 9.97. The second-order valence-electron chi connectivity index (χ2n) is 7.96. The van der Waals surface area contributed by atoms with Crippen LogP contribution in [0.25, 0.3) is 10.2 Å². The van der Waals surface area contributed by atoms with E-state index in [1.807, 2.05) is 12.1 Å². The Bertz CT molecular complexity index is 1140. The fourth-order valence-electron chi connectivity index (χ4n) is 4.58. The standard InChI is InChI=1S/C23H25FN4OS/c1-2-11-28-22(29)20-18-5-3-4-6-19(18)30-21(20)25-23(28)27-14-12-26(13-15-27)17-9-7-16(24)8-10-17/h2,7-10H,1,3-6,11-15H2. The summed E-state index contributed by atoms with van der Waals surface area (Å²) in [5, 5.41) is 0.824. The number of aromatic nitrogens is 2. The number of anilines is 2. The maximum atomic E-state index is 13.4. The maximum Gasteiger partial charge on any atom is 0.264 e. The second kappa shape index (κ2) is 7.87. The molecule has 1 aliphatic heterocycles. The van der Waals surface area contributed by atoms with Gasteiger partial charge in [0.05, 0.1) is 5.39 Å². The van der Waals surface area contributed by atoms with Gasteiger partial charge in [-0.15, -0.1) is 17.9 Å². The molecular weight excluding hydrogens is 399 g/mol. The molecule has 0 atom stereocenters. The van der Waals surface area contributed by atoms with Gasteiger partial charge in [0.2, 0.25) is 5.95 Å². The Morgan fingerprint density at radius 2 is 1.77 bits per heavy atom. The molecule has 0 spiro atoms. The normalized spacial score (nSPS) is 16.7. The van der Waals surface area contributed by atoms with E-state index in [0.29, 0.717) is 6.54 Å². The fourth-order valence-corrected chi connectivity index (χ4v) is 5.83. The monoisotopic (exact) mass is 424 g/mol. The second-order valence-corrected chi connectivity index (χ2v) is 9.04. The zero-order valence-corrected chi connectivity index (χ0v) is 17.8. The van der Waals surface area contributed by atoms with Gasteiger partial charge in [-0.1, -0.05) is 6.08 Å². The highest BCUT2D eigenvalue weighted by Gasteiger charge is 2.26. The highest BCUT2D eigenvalue weighted by Crippen LogP contribution is 2.34. The Kier molecular flexibility index (Phi) is 5.06. The molecular formula is C23H25FN4OS. The number of halogens is 1. The first-order valence-corrected chi connectivity index (χ1v) is 11.4. The van der Waals surface area contributed by atoms with Gasteiger partial charge in [0, 0.05) is 43.3 Å². The molecule has 0 bridgehead atoms. The summed E-state index contributed by atoms with van der Waals surface area (Å²) in [7, 11) is 0. The molecule has 7 heteroatoms. The van der Waals surface area contributed by atoms with Gasteiger partial charge < -0.3 is 9.80 Å². The summed E-state index contributed by atoms with van der Waals surface area (Å²) in [5.74, 6) is 0.520. The number of hydrogen-bond acceptors (Lipinski definition) is 5. The van der Waals surface area contributed by atoms with Crippen LogP contribution in [-0.2, 0) is 19.4 Å². The van der Waals surface area contributed by atoms with Crippen LogP contribution in [-0.4, -0.2) is 35.7 Å². The number of rotatable bonds is 4. The van der Waals surface area contributed by atoms with E-state index >= 15 is 0 Å². The van der Waals surface area contributed by atoms with Crippen molar-refractivity contribution in [2.75, 3.05) is 36.0 Å². The van der Waals surface area contributed by atoms with E-state index in [4.69, 9.17) is 4.98 Å². The van der Waals surface area contributed by atoms with Crippen LogP contribution < -0.4 is 15.4 Å². The zero-order valence-electron chi connectivity index (χ0n) is 16.9. The van der Waals surface area contributed by atoms with Gasteiger partial charge in [0.1, 0.15) is 10.6 Å². The topological polar surface area (TPSA) is 41.4 Å². The smallest absolute Gasteiger partial charge is 0.264 e. The maximum absolute atomic E-state index is 13.4. The van der Waals surface area contributed by atoms with Crippen molar-refractivity contribution in [3.8, 4) is 0 Å². The van der Waals surface area contributed by atoms with Crippen molar-refractivity contribution in [1.82, 2.24) is 9.55 Å². The number of nitrogens with zero attached hydrogens (tertiary/aromatic N) is 4. The van der Waals surface area contributed by atoms with Gasteiger partial charge in [-0.2, -0.15) is 0 Å². The van der Waals surface area contributed by atoms with Crippen molar-refractivity contribution in [1.29, 1.82) is 0 Å². The van der Waals surface area contributed by atoms with Crippen molar-refractivity contribution in [3.05, 3.63) is 63.5 Å². The first kappa shape index (κ1) is 19.3. The predicted octanol–water partition coefficient (Wildman–Crippen LogP) is 3.99. The largest absolute Gasteiger partial charge is 0.368 e. The lowest BCUT2D eigenvalue weighted by molar-refractivity contribution is 0.611. The van der Waals surface area contributed by atoms with Crippen LogP contribution >= 0.6 is 11.3 Å². The van der Waals surface area contributed by atoms with Crippen LogP contribution in [0.1, 0.15) is 23.3 Å². The Morgan fingerprint density at radius 1 is 1.07 bits per heavy atom. The van der Waals surface area contributed by atoms with Crippen molar-refractivity contribution in [2.45, 2.75) is 32.2 Å². The molecule has 1 saturated heterocycles. The molecule has 0 radical (unpaired) electrons. The Balaban J connectivity index is 1.48. The van der Waals surface area contributed by atoms with Crippen LogP contribution in [0.5, 0.6) is 0 Å². The van der Waals surface area contributed by atoms with E-state index < -0.39 is 0 Å². The summed E-state index contributed by atoms with van der Waals surface area (Å²) >= 11 is 1.69. The minimum atomic E-state index is -0.220. The van der Waals surface area contributed by atoms with Gasteiger partial charge in [0.25, 0.3) is 5.56 Å². The summed E-state index contributed by atoms with van der Waals surface area (Å²) in [6, 6.07) is 6.63. The van der Waals surface area contributed by atoms with Crippen molar-refractivity contribution in [2.24, 2.45) is 0 Å². The van der Waals surface area contributed by atoms with Gasteiger partial charge in [-0.25, -0.2) is 9.37 Å². The Morgan fingerprint density at radius 3 is 2.50 bits per heavy atom. The van der Waals surface area contributed by atoms with Crippen LogP contribution in [0.15, 0.2) is 41.7 Å². The van der Waals surface area contributed by atoms with Crippen molar-refractivity contribution in [3.63, 3.8) is 0 Å². The number of fused-ring (bicyclic) bond motifs is 3. The molecule has 1 aliphatic carbocycles. The summed E-state index contributed by atoms with van der Waals surface area (Å²) < 4.78 is 15.0. The molecule has 3 heterocycles. The minimum Gasteiger partial charge on any atom is -0.368 e. The molecule has 156 valence electrons. The van der Waals surface area contributed by atoms with E-state index in [9.17, 15) is 9.18 Å². The first-order valence-electron chi connectivity index (χ1n) is 10.6. The number of allylic oxidation sites excluding steroid dienone is 1. The van der Waals surface area contributed by atoms with E-state index in [0.717, 1.165) is 67.3 Å². The molecule has 0 amide bonds. The van der Waals surface area contributed by atoms with Gasteiger partial charge in [0.15, 0.2) is 0 Å². The van der Waals surface area contributed by atoms with Crippen LogP contribution in [0.2, 0.25) is 0 Å². The number of piperazine rings is 1. The summed E-state index contributed by atoms with van der Waals surface area (Å²) in [6.45, 7) is 7.44. The summed E-state index contributed by atoms with van der Waals surface area (Å²) in [4.78, 5) is 25.1. The van der Waals surface area contributed by atoms with Gasteiger partial charge in [-0.05, 0) is 55.5 Å². The van der Waals surface area contributed by atoms with E-state index in [-0.39, 0.29) is 11.4 Å². The van der Waals surface area contributed by atoms with Crippen LogP contribution in [0.4, 0.5) is 16.0 Å². The third kappa shape index (κ3) is 3.31. The number of aryl methyl sites for hydroxylation is 2. The molecule has 1 fully saturated rings. The lowest BCUT2D eigenvalue weighted by Gasteiger charge is -2.37. The molecule has 5 nitrogen and oxygen atoms in total. The quantitative estimate of drug-likeness (QED) is 0.594. The Hall–Kier alpha value is -2.67. The molecule has 2 aromatic heterocycles. The average molecular weight is 425 g/mol. The molecule has 2 aliphatic rings. The molecule has 1 aromatic carbocycles. The van der Waals surface area contributed by atoms with Crippen molar-refractivity contribution >= 4 is 33.2 Å². The molecule has 0 saturated carbocycles. The highest BCUT2D eigenvalue weighted by molar-refractivity contribution is 7.18. The number of benzene rings is 1. The van der Waals surface area contributed by atoms with Crippen molar-refractivity contribution < 1.29 is 4.39 Å². The average Bonchev–Trinajstić information content (AvgIpc) is 3.15. The van der Waals surface area contributed by atoms with E-state index in [1.54, 1.807) is 22.0 Å². The van der Waals surface area contributed by atoms with E-state index in [2.05, 4.69) is 16.4 Å². The highest BCUT2D eigenvalue weighted by atomic mass is 32.1. The molecule has 30 heavy (non-hydrogen) atoms. The summed E-state index contributed by atoms with van der Waals surface area (Å²) in [5.41, 5.74) is 2.31. The van der Waals surface area contributed by atoms with Gasteiger partial charge >= 0.3 is 0 Å². The SMILES string of the molecule is C=CCn1c(N2CCN(c3ccc(F)cc3)CC2)nc2sc3c(c2c1=O)CCCC3. The Labute approximate surface area is 179 Å². The summed E-state index contributed by atoms with van der Waals surface area (Å²) in [6.07, 6.45) is 6.15. The predicted molar refractivity (Wildman–Crippen MR) is 122 cm³/mol. The molecule has 5 rings (SSSR count). The van der Waals surface area contributed by atoms with Crippen LogP contribution in [0.3, 0.4) is 0 Å². The molecule has 3 aromatic rings. The van der Waals surface area contributed by atoms with E-state index in [1.165, 1.54) is 29.0 Å². The third-order valence-corrected chi connectivity index (χ3v) is 7.31. The number of thiophene rings is 1. The number of hydrogen-bond donors (Lipinski definition) is 0. The van der Waals surface area contributed by atoms with Crippen LogP contribution in [0, 0.1) is 5.82 Å². The lowest BCUT2D eigenvalue weighted by Crippen LogP contribution is -2.48. The first-order chi connectivity index (χ1) is 14.7.